The minimum Gasteiger partial charge on any atom is -0.478 e. The molecule has 0 unspecified atom stereocenters. The van der Waals surface area contributed by atoms with Gasteiger partial charge in [0.25, 0.3) is 0 Å². The zero-order valence-electron chi connectivity index (χ0n) is 8.31. The van der Waals surface area contributed by atoms with Crippen LogP contribution in [0, 0.1) is 6.92 Å². The monoisotopic (exact) mass is 196 g/mol. The van der Waals surface area contributed by atoms with Gasteiger partial charge in [-0.3, -0.25) is 4.57 Å². The maximum atomic E-state index is 11.3. The summed E-state index contributed by atoms with van der Waals surface area (Å²) in [6.07, 6.45) is 1.33. The van der Waals surface area contributed by atoms with Crippen LogP contribution in [0.1, 0.15) is 35.9 Å². The molecule has 0 bridgehead atoms. The van der Waals surface area contributed by atoms with E-state index in [1.54, 1.807) is 13.8 Å². The van der Waals surface area contributed by atoms with E-state index in [-0.39, 0.29) is 17.3 Å². The third-order valence-electron chi connectivity index (χ3n) is 1.93. The Bertz CT molecular complexity index is 421. The van der Waals surface area contributed by atoms with Crippen molar-refractivity contribution in [3.05, 3.63) is 27.9 Å². The average Bonchev–Trinajstić information content (AvgIpc) is 2.02. The van der Waals surface area contributed by atoms with Gasteiger partial charge in [0.2, 0.25) is 0 Å². The number of hydrogen-bond donors (Lipinski definition) is 1. The summed E-state index contributed by atoms with van der Waals surface area (Å²) in [7, 11) is 0. The van der Waals surface area contributed by atoms with Crippen LogP contribution >= 0.6 is 0 Å². The second-order valence-corrected chi connectivity index (χ2v) is 3.33. The molecule has 14 heavy (non-hydrogen) atoms. The molecule has 1 N–H and O–H groups in total. The van der Waals surface area contributed by atoms with Gasteiger partial charge in [-0.25, -0.2) is 9.59 Å². The normalized spacial score (nSPS) is 10.6. The highest BCUT2D eigenvalue weighted by atomic mass is 16.4. The molecule has 0 fully saturated rings. The lowest BCUT2D eigenvalue weighted by atomic mass is 10.2. The first kappa shape index (κ1) is 10.4. The lowest BCUT2D eigenvalue weighted by molar-refractivity contribution is 0.0694. The Labute approximate surface area is 81.0 Å². The maximum Gasteiger partial charge on any atom is 0.348 e. The second-order valence-electron chi connectivity index (χ2n) is 3.33. The van der Waals surface area contributed by atoms with Crippen LogP contribution in [0.2, 0.25) is 0 Å². The van der Waals surface area contributed by atoms with Gasteiger partial charge in [-0.15, -0.1) is 0 Å². The van der Waals surface area contributed by atoms with Gasteiger partial charge < -0.3 is 5.11 Å². The Morgan fingerprint density at radius 3 is 2.57 bits per heavy atom. The molecule has 0 spiro atoms. The third-order valence-corrected chi connectivity index (χ3v) is 1.93. The van der Waals surface area contributed by atoms with Gasteiger partial charge in [0, 0.05) is 12.2 Å². The third kappa shape index (κ3) is 1.81. The van der Waals surface area contributed by atoms with E-state index in [4.69, 9.17) is 5.11 Å². The molecule has 0 atom stereocenters. The SMILES string of the molecule is Cc1nc(=O)n(C(C)C)cc1C(=O)O. The number of aromatic nitrogens is 2. The highest BCUT2D eigenvalue weighted by Crippen LogP contribution is 2.05. The first-order chi connectivity index (χ1) is 6.43. The number of aryl methyl sites for hydroxylation is 1. The summed E-state index contributed by atoms with van der Waals surface area (Å²) in [5.74, 6) is -1.07. The van der Waals surface area contributed by atoms with Gasteiger partial charge in [0.05, 0.1) is 11.3 Å². The molecule has 0 aliphatic carbocycles. The summed E-state index contributed by atoms with van der Waals surface area (Å²) >= 11 is 0. The van der Waals surface area contributed by atoms with Crippen molar-refractivity contribution in [2.75, 3.05) is 0 Å². The molecule has 0 aliphatic heterocycles. The molecule has 76 valence electrons. The number of carboxylic acids is 1. The number of aromatic carboxylic acids is 1. The van der Waals surface area contributed by atoms with E-state index in [2.05, 4.69) is 4.98 Å². The lowest BCUT2D eigenvalue weighted by Gasteiger charge is -2.10. The molecule has 1 heterocycles. The number of rotatable bonds is 2. The van der Waals surface area contributed by atoms with E-state index in [0.717, 1.165) is 0 Å². The first-order valence-electron chi connectivity index (χ1n) is 4.26. The zero-order valence-corrected chi connectivity index (χ0v) is 8.31. The fourth-order valence-electron chi connectivity index (χ4n) is 1.13. The summed E-state index contributed by atoms with van der Waals surface area (Å²) in [6, 6.07) is -0.0892. The largest absolute Gasteiger partial charge is 0.478 e. The summed E-state index contributed by atoms with van der Waals surface area (Å²) in [6.45, 7) is 5.10. The van der Waals surface area contributed by atoms with Crippen LogP contribution in [0.4, 0.5) is 0 Å². The van der Waals surface area contributed by atoms with Crippen LogP contribution in [-0.4, -0.2) is 20.6 Å². The van der Waals surface area contributed by atoms with Gasteiger partial charge in [-0.1, -0.05) is 0 Å². The molecular formula is C9H12N2O3. The first-order valence-corrected chi connectivity index (χ1v) is 4.26. The van der Waals surface area contributed by atoms with E-state index in [1.165, 1.54) is 17.7 Å². The van der Waals surface area contributed by atoms with Crippen LogP contribution in [-0.2, 0) is 0 Å². The zero-order chi connectivity index (χ0) is 10.9. The number of hydrogen-bond acceptors (Lipinski definition) is 3. The van der Waals surface area contributed by atoms with E-state index in [1.807, 2.05) is 0 Å². The van der Waals surface area contributed by atoms with E-state index < -0.39 is 11.7 Å². The fourth-order valence-corrected chi connectivity index (χ4v) is 1.13. The Morgan fingerprint density at radius 1 is 1.57 bits per heavy atom. The quantitative estimate of drug-likeness (QED) is 0.760. The van der Waals surface area contributed by atoms with Crippen LogP contribution < -0.4 is 5.69 Å². The highest BCUT2D eigenvalue weighted by Gasteiger charge is 2.12. The predicted octanol–water partition coefficient (Wildman–Crippen LogP) is 0.831. The molecule has 5 nitrogen and oxygen atoms in total. The summed E-state index contributed by atoms with van der Waals surface area (Å²) in [5, 5.41) is 8.81. The molecule has 0 aliphatic rings. The van der Waals surface area contributed by atoms with Gasteiger partial charge in [-0.2, -0.15) is 4.98 Å². The molecule has 1 rings (SSSR count). The molecule has 0 aromatic carbocycles. The Morgan fingerprint density at radius 2 is 2.14 bits per heavy atom. The standard InChI is InChI=1S/C9H12N2O3/c1-5(2)11-4-7(8(12)13)6(3)10-9(11)14/h4-5H,1-3H3,(H,12,13). The summed E-state index contributed by atoms with van der Waals surface area (Å²) < 4.78 is 1.30. The van der Waals surface area contributed by atoms with Crippen molar-refractivity contribution in [3.63, 3.8) is 0 Å². The van der Waals surface area contributed by atoms with Crippen molar-refractivity contribution < 1.29 is 9.90 Å². The topological polar surface area (TPSA) is 72.2 Å². The van der Waals surface area contributed by atoms with Crippen molar-refractivity contribution in [2.24, 2.45) is 0 Å². The van der Waals surface area contributed by atoms with Gasteiger partial charge >= 0.3 is 11.7 Å². The smallest absolute Gasteiger partial charge is 0.348 e. The minimum atomic E-state index is -1.07. The molecule has 0 amide bonds. The predicted molar refractivity (Wildman–Crippen MR) is 50.6 cm³/mol. The van der Waals surface area contributed by atoms with Crippen molar-refractivity contribution in [2.45, 2.75) is 26.8 Å². The van der Waals surface area contributed by atoms with Gasteiger partial charge in [-0.05, 0) is 20.8 Å². The maximum absolute atomic E-state index is 11.3. The molecular weight excluding hydrogens is 184 g/mol. The van der Waals surface area contributed by atoms with Crippen molar-refractivity contribution in [1.29, 1.82) is 0 Å². The molecule has 5 heteroatoms. The van der Waals surface area contributed by atoms with Crippen LogP contribution in [0.15, 0.2) is 11.0 Å². The fraction of sp³-hybridized carbons (Fsp3) is 0.444. The molecule has 1 aromatic heterocycles. The van der Waals surface area contributed by atoms with Crippen molar-refractivity contribution in [1.82, 2.24) is 9.55 Å². The summed E-state index contributed by atoms with van der Waals surface area (Å²) in [5.41, 5.74) is -0.0970. The van der Waals surface area contributed by atoms with Crippen LogP contribution in [0.5, 0.6) is 0 Å². The van der Waals surface area contributed by atoms with Crippen LogP contribution in [0.3, 0.4) is 0 Å². The summed E-state index contributed by atoms with van der Waals surface area (Å²) in [4.78, 5) is 25.7. The number of nitrogens with zero attached hydrogens (tertiary/aromatic N) is 2. The Kier molecular flexibility index (Phi) is 2.69. The van der Waals surface area contributed by atoms with E-state index in [9.17, 15) is 9.59 Å². The lowest BCUT2D eigenvalue weighted by Crippen LogP contribution is -2.27. The van der Waals surface area contributed by atoms with E-state index in [0.29, 0.717) is 0 Å². The van der Waals surface area contributed by atoms with Crippen molar-refractivity contribution >= 4 is 5.97 Å². The molecule has 1 aromatic rings. The second kappa shape index (κ2) is 3.61. The molecule has 0 radical (unpaired) electrons. The Balaban J connectivity index is 3.42. The Hall–Kier alpha value is -1.65. The van der Waals surface area contributed by atoms with E-state index >= 15 is 0 Å². The number of carbonyl (C=O) groups is 1. The van der Waals surface area contributed by atoms with Crippen LogP contribution in [0.25, 0.3) is 0 Å². The highest BCUT2D eigenvalue weighted by molar-refractivity contribution is 5.88. The average molecular weight is 196 g/mol. The molecule has 0 saturated heterocycles. The minimum absolute atomic E-state index is 0.0679. The van der Waals surface area contributed by atoms with Gasteiger partial charge in [0.15, 0.2) is 0 Å². The number of carboxylic acid groups (broad SMARTS) is 1. The van der Waals surface area contributed by atoms with Gasteiger partial charge in [0.1, 0.15) is 0 Å². The van der Waals surface area contributed by atoms with Crippen molar-refractivity contribution in [3.8, 4) is 0 Å². The molecule has 0 saturated carbocycles.